The first-order valence-corrected chi connectivity index (χ1v) is 11.9. The summed E-state index contributed by atoms with van der Waals surface area (Å²) < 4.78 is 12.7. The van der Waals surface area contributed by atoms with Crippen LogP contribution in [0.4, 0.5) is 17.1 Å². The van der Waals surface area contributed by atoms with Crippen molar-refractivity contribution in [2.24, 2.45) is 0 Å². The molecule has 35 heavy (non-hydrogen) atoms. The number of hydrogen-bond donors (Lipinski definition) is 2. The summed E-state index contributed by atoms with van der Waals surface area (Å²) in [6.45, 7) is 4.89. The van der Waals surface area contributed by atoms with E-state index in [1.807, 2.05) is 79.7 Å². The Hall–Kier alpha value is -3.96. The molecule has 5 nitrogen and oxygen atoms in total. The van der Waals surface area contributed by atoms with Crippen LogP contribution in [0.2, 0.25) is 5.02 Å². The SMILES string of the molecule is CCNc1cc2c(cc1C)C1(OC(=O)c3ccccc31)c1cc(Nc3ccc(Cl)cc3)ccc1O2. The second-order valence-electron chi connectivity index (χ2n) is 8.75. The molecule has 4 aromatic rings. The van der Waals surface area contributed by atoms with Gasteiger partial charge >= 0.3 is 5.97 Å². The Bertz CT molecular complexity index is 1480. The van der Waals surface area contributed by atoms with Crippen molar-refractivity contribution in [1.29, 1.82) is 0 Å². The van der Waals surface area contributed by atoms with Crippen LogP contribution in [0.25, 0.3) is 0 Å². The molecule has 0 saturated heterocycles. The van der Waals surface area contributed by atoms with Gasteiger partial charge in [-0.2, -0.15) is 0 Å². The standard InChI is InChI=1S/C29H23ClN2O3/c1-3-31-25-16-27-23(14-17(25)2)29(22-7-5-4-6-21(22)28(33)35-29)24-15-20(12-13-26(24)34-27)32-19-10-8-18(30)9-11-19/h4-16,31-32H,3H2,1-2H3. The van der Waals surface area contributed by atoms with E-state index in [1.165, 1.54) is 0 Å². The maximum Gasteiger partial charge on any atom is 0.340 e. The van der Waals surface area contributed by atoms with Gasteiger partial charge in [0.05, 0.1) is 5.56 Å². The number of rotatable bonds is 4. The Labute approximate surface area is 208 Å². The lowest BCUT2D eigenvalue weighted by molar-refractivity contribution is 0.0224. The summed E-state index contributed by atoms with van der Waals surface area (Å²) in [6.07, 6.45) is 0. The minimum atomic E-state index is -1.11. The molecule has 6 rings (SSSR count). The summed E-state index contributed by atoms with van der Waals surface area (Å²) in [6, 6.07) is 25.0. The van der Waals surface area contributed by atoms with Crippen molar-refractivity contribution in [2.75, 3.05) is 17.2 Å². The van der Waals surface area contributed by atoms with Gasteiger partial charge in [-0.1, -0.05) is 29.8 Å². The Kier molecular flexibility index (Phi) is 4.97. The van der Waals surface area contributed by atoms with Gasteiger partial charge in [-0.15, -0.1) is 0 Å². The number of anilines is 3. The minimum absolute atomic E-state index is 0.344. The lowest BCUT2D eigenvalue weighted by atomic mass is 9.77. The number of halogens is 1. The lowest BCUT2D eigenvalue weighted by Gasteiger charge is -2.37. The van der Waals surface area contributed by atoms with Gasteiger partial charge < -0.3 is 20.1 Å². The van der Waals surface area contributed by atoms with Gasteiger partial charge in [0.2, 0.25) is 0 Å². The first-order valence-electron chi connectivity index (χ1n) is 11.6. The van der Waals surface area contributed by atoms with Crippen molar-refractivity contribution in [3.8, 4) is 11.5 Å². The normalized spacial score (nSPS) is 17.2. The van der Waals surface area contributed by atoms with Crippen LogP contribution in [0.15, 0.2) is 78.9 Å². The molecule has 0 amide bonds. The van der Waals surface area contributed by atoms with E-state index in [9.17, 15) is 4.79 Å². The Morgan fingerprint density at radius 3 is 2.40 bits per heavy atom. The first kappa shape index (κ1) is 21.6. The zero-order valence-electron chi connectivity index (χ0n) is 19.3. The van der Waals surface area contributed by atoms with Crippen LogP contribution in [0.1, 0.15) is 39.5 Å². The molecule has 2 aliphatic rings. The van der Waals surface area contributed by atoms with E-state index in [2.05, 4.69) is 23.6 Å². The topological polar surface area (TPSA) is 59.6 Å². The van der Waals surface area contributed by atoms with Gasteiger partial charge in [0.15, 0.2) is 5.60 Å². The molecule has 0 bridgehead atoms. The van der Waals surface area contributed by atoms with Crippen molar-refractivity contribution in [3.05, 3.63) is 112 Å². The highest BCUT2D eigenvalue weighted by Gasteiger charge is 2.53. The zero-order valence-corrected chi connectivity index (χ0v) is 20.1. The summed E-state index contributed by atoms with van der Waals surface area (Å²) in [7, 11) is 0. The quantitative estimate of drug-likeness (QED) is 0.297. The van der Waals surface area contributed by atoms with Crippen molar-refractivity contribution in [1.82, 2.24) is 0 Å². The highest BCUT2D eigenvalue weighted by molar-refractivity contribution is 6.30. The largest absolute Gasteiger partial charge is 0.456 e. The van der Waals surface area contributed by atoms with E-state index in [1.54, 1.807) is 0 Å². The van der Waals surface area contributed by atoms with Gasteiger partial charge in [0.25, 0.3) is 0 Å². The van der Waals surface area contributed by atoms with Crippen molar-refractivity contribution < 1.29 is 14.3 Å². The number of carbonyl (C=O) groups is 1. The second kappa shape index (κ2) is 8.07. The maximum atomic E-state index is 13.1. The highest BCUT2D eigenvalue weighted by atomic mass is 35.5. The molecule has 2 N–H and O–H groups in total. The van der Waals surface area contributed by atoms with Crippen LogP contribution < -0.4 is 15.4 Å². The van der Waals surface area contributed by atoms with Crippen LogP contribution in [0.3, 0.4) is 0 Å². The number of carbonyl (C=O) groups excluding carboxylic acids is 1. The Morgan fingerprint density at radius 2 is 1.60 bits per heavy atom. The van der Waals surface area contributed by atoms with E-state index < -0.39 is 5.60 Å². The van der Waals surface area contributed by atoms with Gasteiger partial charge in [-0.3, -0.25) is 0 Å². The number of esters is 1. The lowest BCUT2D eigenvalue weighted by Crippen LogP contribution is -2.33. The van der Waals surface area contributed by atoms with Crippen LogP contribution >= 0.6 is 11.6 Å². The van der Waals surface area contributed by atoms with Crippen LogP contribution in [-0.2, 0) is 10.3 Å². The molecule has 174 valence electrons. The summed E-state index contributed by atoms with van der Waals surface area (Å²) >= 11 is 6.05. The average Bonchev–Trinajstić information content (AvgIpc) is 3.16. The number of nitrogens with one attached hydrogen (secondary N) is 2. The number of aryl methyl sites for hydroxylation is 1. The van der Waals surface area contributed by atoms with Crippen molar-refractivity contribution in [3.63, 3.8) is 0 Å². The molecule has 0 aliphatic carbocycles. The third-order valence-corrected chi connectivity index (χ3v) is 6.81. The van der Waals surface area contributed by atoms with Gasteiger partial charge in [0.1, 0.15) is 11.5 Å². The summed E-state index contributed by atoms with van der Waals surface area (Å²) in [4.78, 5) is 13.1. The fourth-order valence-corrected chi connectivity index (χ4v) is 5.11. The van der Waals surface area contributed by atoms with Crippen LogP contribution in [0.5, 0.6) is 11.5 Å². The van der Waals surface area contributed by atoms with E-state index in [4.69, 9.17) is 21.1 Å². The first-order chi connectivity index (χ1) is 17.0. The van der Waals surface area contributed by atoms with Crippen molar-refractivity contribution >= 4 is 34.6 Å². The molecule has 0 aromatic heterocycles. The number of fused-ring (bicyclic) bond motifs is 6. The summed E-state index contributed by atoms with van der Waals surface area (Å²) in [5.74, 6) is 0.973. The third kappa shape index (κ3) is 3.34. The van der Waals surface area contributed by atoms with Gasteiger partial charge in [-0.05, 0) is 74.0 Å². The zero-order chi connectivity index (χ0) is 24.2. The minimum Gasteiger partial charge on any atom is -0.456 e. The van der Waals surface area contributed by atoms with Gasteiger partial charge in [-0.25, -0.2) is 4.79 Å². The Balaban J connectivity index is 1.56. The molecule has 1 spiro atoms. The number of benzene rings is 4. The molecule has 2 aliphatic heterocycles. The molecule has 6 heteroatoms. The van der Waals surface area contributed by atoms with E-state index in [-0.39, 0.29) is 5.97 Å². The smallest absolute Gasteiger partial charge is 0.340 e. The van der Waals surface area contributed by atoms with Crippen molar-refractivity contribution in [2.45, 2.75) is 19.4 Å². The third-order valence-electron chi connectivity index (χ3n) is 6.56. The number of hydrogen-bond acceptors (Lipinski definition) is 5. The summed E-state index contributed by atoms with van der Waals surface area (Å²) in [5.41, 5.74) is 5.64. The molecule has 1 atom stereocenters. The fourth-order valence-electron chi connectivity index (χ4n) is 4.98. The van der Waals surface area contributed by atoms with E-state index in [0.717, 1.165) is 45.9 Å². The molecule has 0 radical (unpaired) electrons. The van der Waals surface area contributed by atoms with E-state index in [0.29, 0.717) is 22.1 Å². The average molecular weight is 483 g/mol. The van der Waals surface area contributed by atoms with E-state index >= 15 is 0 Å². The summed E-state index contributed by atoms with van der Waals surface area (Å²) in [5, 5.41) is 7.48. The maximum absolute atomic E-state index is 13.1. The van der Waals surface area contributed by atoms with Crippen LogP contribution in [-0.4, -0.2) is 12.5 Å². The predicted molar refractivity (Wildman–Crippen MR) is 138 cm³/mol. The predicted octanol–water partition coefficient (Wildman–Crippen LogP) is 7.39. The molecule has 4 aromatic carbocycles. The number of ether oxygens (including phenoxy) is 2. The highest BCUT2D eigenvalue weighted by Crippen LogP contribution is 2.57. The fraction of sp³-hybridized carbons (Fsp3) is 0.138. The molecular weight excluding hydrogens is 460 g/mol. The molecule has 0 saturated carbocycles. The molecule has 1 unspecified atom stereocenters. The monoisotopic (exact) mass is 482 g/mol. The Morgan fingerprint density at radius 1 is 0.857 bits per heavy atom. The molecular formula is C29H23ClN2O3. The molecule has 2 heterocycles. The van der Waals surface area contributed by atoms with Crippen LogP contribution in [0, 0.1) is 6.92 Å². The molecule has 0 fully saturated rings. The van der Waals surface area contributed by atoms with Gasteiger partial charge in [0, 0.05) is 51.4 Å². The second-order valence-corrected chi connectivity index (χ2v) is 9.19.